The van der Waals surface area contributed by atoms with Crippen LogP contribution in [0.4, 0.5) is 0 Å². The van der Waals surface area contributed by atoms with E-state index in [9.17, 15) is 4.79 Å². The van der Waals surface area contributed by atoms with Crippen molar-refractivity contribution >= 4 is 29.0 Å². The lowest BCUT2D eigenvalue weighted by molar-refractivity contribution is -0.122. The largest absolute Gasteiger partial charge is 0.298 e. The van der Waals surface area contributed by atoms with Crippen LogP contribution < -0.4 is 0 Å². The Kier molecular flexibility index (Phi) is 6.21. The summed E-state index contributed by atoms with van der Waals surface area (Å²) in [6.45, 7) is 0.726. The summed E-state index contributed by atoms with van der Waals surface area (Å²) in [5, 5.41) is 9.59. The van der Waals surface area contributed by atoms with Crippen LogP contribution in [0.5, 0.6) is 0 Å². The summed E-state index contributed by atoms with van der Waals surface area (Å²) in [6, 6.07) is 14.6. The maximum atomic E-state index is 13.9. The van der Waals surface area contributed by atoms with Crippen LogP contribution in [0.25, 0.3) is 0 Å². The average molecular weight is 441 g/mol. The number of rotatable bonds is 8. The highest BCUT2D eigenvalue weighted by molar-refractivity contribution is 6.30. The predicted molar refractivity (Wildman–Crippen MR) is 113 cm³/mol. The van der Waals surface area contributed by atoms with Gasteiger partial charge in [0.2, 0.25) is 0 Å². The van der Waals surface area contributed by atoms with Gasteiger partial charge in [0.15, 0.2) is 5.78 Å². The van der Waals surface area contributed by atoms with Crippen LogP contribution >= 0.6 is 23.2 Å². The number of hydrogen-bond donors (Lipinski definition) is 0. The molecule has 0 amide bonds. The first kappa shape index (κ1) is 20.3. The molecule has 0 aliphatic heterocycles. The maximum Gasteiger partial charge on any atom is 0.151 e. The zero-order chi connectivity index (χ0) is 20.9. The quantitative estimate of drug-likeness (QED) is 0.413. The maximum absolute atomic E-state index is 13.9. The Morgan fingerprint density at radius 2 is 1.13 bits per heavy atom. The summed E-state index contributed by atoms with van der Waals surface area (Å²) in [4.78, 5) is 21.9. The number of aromatic nitrogens is 6. The molecular formula is C21H18Cl2N6O. The third-order valence-corrected chi connectivity index (χ3v) is 5.41. The van der Waals surface area contributed by atoms with Crippen LogP contribution in [-0.2, 0) is 17.9 Å². The van der Waals surface area contributed by atoms with Gasteiger partial charge in [-0.25, -0.2) is 9.97 Å². The molecule has 4 aromatic rings. The van der Waals surface area contributed by atoms with E-state index < -0.39 is 11.8 Å². The lowest BCUT2D eigenvalue weighted by Crippen LogP contribution is -2.28. The number of hydrogen-bond acceptors (Lipinski definition) is 5. The van der Waals surface area contributed by atoms with Crippen molar-refractivity contribution in [3.05, 3.63) is 95.0 Å². The van der Waals surface area contributed by atoms with Gasteiger partial charge in [-0.1, -0.05) is 47.5 Å². The second-order valence-corrected chi connectivity index (χ2v) is 7.72. The molecule has 0 saturated carbocycles. The third-order valence-electron chi connectivity index (χ3n) is 4.90. The van der Waals surface area contributed by atoms with Crippen molar-refractivity contribution < 1.29 is 4.79 Å². The Hall–Kier alpha value is -3.03. The second-order valence-electron chi connectivity index (χ2n) is 6.85. The van der Waals surface area contributed by atoms with E-state index in [-0.39, 0.29) is 5.78 Å². The number of carbonyl (C=O) groups is 1. The Labute approximate surface area is 183 Å². The van der Waals surface area contributed by atoms with Gasteiger partial charge in [-0.3, -0.25) is 14.2 Å². The van der Waals surface area contributed by atoms with Crippen molar-refractivity contribution in [2.24, 2.45) is 0 Å². The molecule has 152 valence electrons. The highest BCUT2D eigenvalue weighted by Crippen LogP contribution is 2.30. The predicted octanol–water partition coefficient (Wildman–Crippen LogP) is 4.01. The number of nitrogens with zero attached hydrogens (tertiary/aromatic N) is 6. The molecule has 0 radical (unpaired) electrons. The Bertz CT molecular complexity index is 992. The number of carbonyl (C=O) groups excluding carboxylic acids is 1. The van der Waals surface area contributed by atoms with Crippen molar-refractivity contribution in [1.82, 2.24) is 29.5 Å². The van der Waals surface area contributed by atoms with Crippen LogP contribution in [0.15, 0.2) is 73.8 Å². The molecule has 2 atom stereocenters. The van der Waals surface area contributed by atoms with Crippen LogP contribution in [0, 0.1) is 0 Å². The molecule has 7 nitrogen and oxygen atoms in total. The van der Waals surface area contributed by atoms with Crippen molar-refractivity contribution in [1.29, 1.82) is 0 Å². The minimum absolute atomic E-state index is 0.0330. The molecule has 30 heavy (non-hydrogen) atoms. The van der Waals surface area contributed by atoms with Crippen molar-refractivity contribution in [3.8, 4) is 0 Å². The number of benzene rings is 2. The van der Waals surface area contributed by atoms with E-state index in [0.717, 1.165) is 11.1 Å². The molecule has 0 bridgehead atoms. The smallest absolute Gasteiger partial charge is 0.151 e. The molecular weight excluding hydrogens is 423 g/mol. The molecule has 9 heteroatoms. The molecule has 4 rings (SSSR count). The van der Waals surface area contributed by atoms with E-state index in [1.165, 1.54) is 12.7 Å². The zero-order valence-corrected chi connectivity index (χ0v) is 17.4. The molecule has 0 spiro atoms. The van der Waals surface area contributed by atoms with Gasteiger partial charge in [-0.05, 0) is 35.4 Å². The summed E-state index contributed by atoms with van der Waals surface area (Å²) < 4.78 is 3.32. The minimum atomic E-state index is -0.451. The Morgan fingerprint density at radius 1 is 0.733 bits per heavy atom. The molecule has 2 aromatic heterocycles. The highest BCUT2D eigenvalue weighted by atomic mass is 35.5. The number of Topliss-reactive ketones (excluding diaryl/α,β-unsaturated/α-hetero) is 1. The summed E-state index contributed by atoms with van der Waals surface area (Å²) >= 11 is 12.1. The standard InChI is InChI=1S/C21H18Cl2N6O/c22-17-5-1-15(2-6-17)19(9-28-13-24-11-26-28)21(30)20(10-29-14-25-12-27-29)16-3-7-18(23)8-4-16/h1-8,11-14,19-20H,9-10H2. The van der Waals surface area contributed by atoms with Crippen LogP contribution in [0.1, 0.15) is 23.0 Å². The fraction of sp³-hybridized carbons (Fsp3) is 0.190. The first-order valence-corrected chi connectivity index (χ1v) is 10.0. The van der Waals surface area contributed by atoms with E-state index >= 15 is 0 Å². The normalized spacial score (nSPS) is 13.1. The van der Waals surface area contributed by atoms with E-state index in [4.69, 9.17) is 23.2 Å². The highest BCUT2D eigenvalue weighted by Gasteiger charge is 2.30. The van der Waals surface area contributed by atoms with Gasteiger partial charge in [0.1, 0.15) is 25.3 Å². The molecule has 0 aliphatic rings. The minimum Gasteiger partial charge on any atom is -0.298 e. The molecule has 2 unspecified atom stereocenters. The van der Waals surface area contributed by atoms with Crippen LogP contribution in [0.2, 0.25) is 10.0 Å². The molecule has 2 aromatic carbocycles. The summed E-state index contributed by atoms with van der Waals surface area (Å²) in [5.74, 6) is -0.869. The lowest BCUT2D eigenvalue weighted by atomic mass is 9.83. The van der Waals surface area contributed by atoms with Gasteiger partial charge in [-0.2, -0.15) is 10.2 Å². The van der Waals surface area contributed by atoms with Crippen LogP contribution in [-0.4, -0.2) is 35.3 Å². The van der Waals surface area contributed by atoms with E-state index in [1.54, 1.807) is 46.3 Å². The molecule has 2 heterocycles. The van der Waals surface area contributed by atoms with Gasteiger partial charge >= 0.3 is 0 Å². The van der Waals surface area contributed by atoms with Crippen molar-refractivity contribution in [2.75, 3.05) is 0 Å². The average Bonchev–Trinajstić information content (AvgIpc) is 3.46. The van der Waals surface area contributed by atoms with Gasteiger partial charge in [0, 0.05) is 10.0 Å². The molecule has 0 N–H and O–H groups in total. The van der Waals surface area contributed by atoms with E-state index in [0.29, 0.717) is 23.1 Å². The van der Waals surface area contributed by atoms with Crippen molar-refractivity contribution in [2.45, 2.75) is 24.9 Å². The summed E-state index contributed by atoms with van der Waals surface area (Å²) in [5.41, 5.74) is 1.72. The monoisotopic (exact) mass is 440 g/mol. The van der Waals surface area contributed by atoms with E-state index in [1.807, 2.05) is 24.3 Å². The molecule has 0 saturated heterocycles. The fourth-order valence-corrected chi connectivity index (χ4v) is 3.63. The van der Waals surface area contributed by atoms with Crippen molar-refractivity contribution in [3.63, 3.8) is 0 Å². The van der Waals surface area contributed by atoms with Gasteiger partial charge < -0.3 is 0 Å². The van der Waals surface area contributed by atoms with E-state index in [2.05, 4.69) is 20.2 Å². The molecule has 0 aliphatic carbocycles. The summed E-state index contributed by atoms with van der Waals surface area (Å²) in [6.07, 6.45) is 6.11. The first-order valence-electron chi connectivity index (χ1n) is 9.29. The molecule has 0 fully saturated rings. The zero-order valence-electron chi connectivity index (χ0n) is 15.8. The SMILES string of the molecule is O=C(C(Cn1cncn1)c1ccc(Cl)cc1)C(Cn1cncn1)c1ccc(Cl)cc1. The Morgan fingerprint density at radius 3 is 1.47 bits per heavy atom. The summed E-state index contributed by atoms with van der Waals surface area (Å²) in [7, 11) is 0. The second kappa shape index (κ2) is 9.19. The van der Waals surface area contributed by atoms with Gasteiger partial charge in [-0.15, -0.1) is 0 Å². The van der Waals surface area contributed by atoms with Gasteiger partial charge in [0.25, 0.3) is 0 Å². The Balaban J connectivity index is 1.72. The number of ketones is 1. The topological polar surface area (TPSA) is 78.5 Å². The lowest BCUT2D eigenvalue weighted by Gasteiger charge is -2.23. The first-order chi connectivity index (χ1) is 14.6. The number of halogens is 2. The van der Waals surface area contributed by atoms with Gasteiger partial charge in [0.05, 0.1) is 24.9 Å². The fourth-order valence-electron chi connectivity index (χ4n) is 3.38. The van der Waals surface area contributed by atoms with Crippen LogP contribution in [0.3, 0.4) is 0 Å². The third kappa shape index (κ3) is 4.75.